The van der Waals surface area contributed by atoms with Gasteiger partial charge in [0, 0.05) is 18.4 Å². The fourth-order valence-electron chi connectivity index (χ4n) is 2.05. The van der Waals surface area contributed by atoms with Gasteiger partial charge in [-0.05, 0) is 25.0 Å². The minimum Gasteiger partial charge on any atom is -0.351 e. The van der Waals surface area contributed by atoms with E-state index in [1.165, 1.54) is 50.8 Å². The van der Waals surface area contributed by atoms with Gasteiger partial charge in [-0.15, -0.1) is 0 Å². The first-order valence-electron chi connectivity index (χ1n) is 6.52. The van der Waals surface area contributed by atoms with Crippen LogP contribution in [0, 0.1) is 0 Å². The van der Waals surface area contributed by atoms with Gasteiger partial charge in [0.15, 0.2) is 0 Å². The Morgan fingerprint density at radius 3 is 2.47 bits per heavy atom. The number of nitrogens with zero attached hydrogens (tertiary/aromatic N) is 1. The predicted octanol–water partition coefficient (Wildman–Crippen LogP) is 4.41. The maximum absolute atomic E-state index is 2.40. The van der Waals surface area contributed by atoms with E-state index in [1.807, 2.05) is 0 Å². The summed E-state index contributed by atoms with van der Waals surface area (Å²) in [6, 6.07) is 4.40. The number of aromatic nitrogens is 1. The van der Waals surface area contributed by atoms with Gasteiger partial charge in [0.2, 0.25) is 0 Å². The summed E-state index contributed by atoms with van der Waals surface area (Å²) in [5, 5.41) is 0. The highest BCUT2D eigenvalue weighted by Crippen LogP contribution is 2.09. The second-order valence-corrected chi connectivity index (χ2v) is 4.31. The van der Waals surface area contributed by atoms with E-state index in [-0.39, 0.29) is 0 Å². The van der Waals surface area contributed by atoms with Crippen molar-refractivity contribution in [1.82, 2.24) is 4.57 Å². The lowest BCUT2D eigenvalue weighted by Gasteiger charge is -2.07. The molecule has 0 N–H and O–H groups in total. The van der Waals surface area contributed by atoms with E-state index in [1.54, 1.807) is 0 Å². The highest BCUT2D eigenvalue weighted by Gasteiger charge is 1.97. The maximum atomic E-state index is 2.40. The number of hydrogen-bond donors (Lipinski definition) is 0. The zero-order chi connectivity index (χ0) is 10.9. The lowest BCUT2D eigenvalue weighted by Crippen LogP contribution is -2.00. The van der Waals surface area contributed by atoms with E-state index in [2.05, 4.69) is 36.7 Å². The largest absolute Gasteiger partial charge is 0.351 e. The van der Waals surface area contributed by atoms with Crippen molar-refractivity contribution in [2.24, 2.45) is 0 Å². The van der Waals surface area contributed by atoms with Gasteiger partial charge < -0.3 is 4.57 Å². The molecule has 0 saturated carbocycles. The maximum Gasteiger partial charge on any atom is 0.0222 e. The van der Waals surface area contributed by atoms with E-state index in [0.29, 0.717) is 0 Å². The highest BCUT2D eigenvalue weighted by atomic mass is 15.0. The van der Waals surface area contributed by atoms with E-state index in [0.717, 1.165) is 6.42 Å². The Morgan fingerprint density at radius 2 is 1.73 bits per heavy atom. The Hall–Kier alpha value is -0.720. The Bertz CT molecular complexity index is 250. The Labute approximate surface area is 94.5 Å². The molecule has 0 radical (unpaired) electrons. The molecular weight excluding hydrogens is 182 g/mol. The van der Waals surface area contributed by atoms with Gasteiger partial charge in [-0.25, -0.2) is 0 Å². The summed E-state index contributed by atoms with van der Waals surface area (Å²) < 4.78 is 2.40. The summed E-state index contributed by atoms with van der Waals surface area (Å²) in [6.45, 7) is 5.71. The van der Waals surface area contributed by atoms with Gasteiger partial charge in [-0.2, -0.15) is 0 Å². The number of hydrogen-bond acceptors (Lipinski definition) is 0. The zero-order valence-corrected chi connectivity index (χ0v) is 10.3. The fraction of sp³-hybridized carbons (Fsp3) is 0.714. The van der Waals surface area contributed by atoms with Gasteiger partial charge in [-0.3, -0.25) is 0 Å². The normalized spacial score (nSPS) is 10.8. The summed E-state index contributed by atoms with van der Waals surface area (Å²) in [7, 11) is 0. The smallest absolute Gasteiger partial charge is 0.0222 e. The van der Waals surface area contributed by atoms with E-state index in [4.69, 9.17) is 0 Å². The predicted molar refractivity (Wildman–Crippen MR) is 67.2 cm³/mol. The van der Waals surface area contributed by atoms with Gasteiger partial charge >= 0.3 is 0 Å². The standard InChI is InChI=1S/C14H25N/c1-3-5-6-7-8-9-12-15-13-10-11-14(15)4-2/h10-11,13H,3-9,12H2,1-2H3. The molecule has 1 nitrogen and oxygen atoms in total. The van der Waals surface area contributed by atoms with Crippen molar-refractivity contribution in [2.75, 3.05) is 0 Å². The molecule has 0 unspecified atom stereocenters. The van der Waals surface area contributed by atoms with E-state index in [9.17, 15) is 0 Å². The van der Waals surface area contributed by atoms with Gasteiger partial charge in [0.25, 0.3) is 0 Å². The SMILES string of the molecule is CCCCCCCCn1cccc1CC. The van der Waals surface area contributed by atoms with E-state index < -0.39 is 0 Å². The van der Waals surface area contributed by atoms with E-state index >= 15 is 0 Å². The van der Waals surface area contributed by atoms with Crippen LogP contribution in [-0.4, -0.2) is 4.57 Å². The summed E-state index contributed by atoms with van der Waals surface area (Å²) in [5.41, 5.74) is 1.48. The van der Waals surface area contributed by atoms with Crippen LogP contribution in [0.3, 0.4) is 0 Å². The molecule has 0 aliphatic carbocycles. The van der Waals surface area contributed by atoms with Crippen molar-refractivity contribution in [3.63, 3.8) is 0 Å². The average Bonchev–Trinajstić information content (AvgIpc) is 2.70. The number of unbranched alkanes of at least 4 members (excludes halogenated alkanes) is 5. The average molecular weight is 207 g/mol. The van der Waals surface area contributed by atoms with Crippen molar-refractivity contribution in [3.05, 3.63) is 24.0 Å². The minimum absolute atomic E-state index is 1.16. The minimum atomic E-state index is 1.16. The summed E-state index contributed by atoms with van der Waals surface area (Å²) in [4.78, 5) is 0. The molecule has 0 atom stereocenters. The van der Waals surface area contributed by atoms with Crippen LogP contribution >= 0.6 is 0 Å². The quantitative estimate of drug-likeness (QED) is 0.556. The Kier molecular flexibility index (Phi) is 6.22. The van der Waals surface area contributed by atoms with Crippen molar-refractivity contribution >= 4 is 0 Å². The van der Waals surface area contributed by atoms with Crippen LogP contribution in [0.5, 0.6) is 0 Å². The van der Waals surface area contributed by atoms with Crippen LogP contribution in [0.2, 0.25) is 0 Å². The van der Waals surface area contributed by atoms with Gasteiger partial charge in [0.05, 0.1) is 0 Å². The third-order valence-electron chi connectivity index (χ3n) is 3.04. The molecule has 1 aromatic heterocycles. The van der Waals surface area contributed by atoms with Crippen LogP contribution in [-0.2, 0) is 13.0 Å². The molecule has 1 aromatic rings. The molecule has 0 aliphatic heterocycles. The monoisotopic (exact) mass is 207 g/mol. The number of rotatable bonds is 8. The molecular formula is C14H25N. The third kappa shape index (κ3) is 4.55. The first-order chi connectivity index (χ1) is 7.38. The Balaban J connectivity index is 2.09. The molecule has 15 heavy (non-hydrogen) atoms. The molecule has 0 fully saturated rings. The van der Waals surface area contributed by atoms with Crippen molar-refractivity contribution in [3.8, 4) is 0 Å². The molecule has 0 aromatic carbocycles. The van der Waals surface area contributed by atoms with Crippen molar-refractivity contribution in [2.45, 2.75) is 65.3 Å². The van der Waals surface area contributed by atoms with Crippen molar-refractivity contribution in [1.29, 1.82) is 0 Å². The molecule has 86 valence electrons. The molecule has 1 rings (SSSR count). The first-order valence-corrected chi connectivity index (χ1v) is 6.52. The topological polar surface area (TPSA) is 4.93 Å². The third-order valence-corrected chi connectivity index (χ3v) is 3.04. The summed E-state index contributed by atoms with van der Waals surface area (Å²) in [5.74, 6) is 0. The lowest BCUT2D eigenvalue weighted by molar-refractivity contribution is 0.550. The van der Waals surface area contributed by atoms with Gasteiger partial charge in [-0.1, -0.05) is 46.0 Å². The second-order valence-electron chi connectivity index (χ2n) is 4.31. The highest BCUT2D eigenvalue weighted by molar-refractivity contribution is 5.06. The summed E-state index contributed by atoms with van der Waals surface area (Å²) in [6.07, 6.45) is 11.7. The van der Waals surface area contributed by atoms with Gasteiger partial charge in [0.1, 0.15) is 0 Å². The molecule has 0 bridgehead atoms. The van der Waals surface area contributed by atoms with Crippen LogP contribution < -0.4 is 0 Å². The summed E-state index contributed by atoms with van der Waals surface area (Å²) >= 11 is 0. The molecule has 0 spiro atoms. The molecule has 1 heterocycles. The lowest BCUT2D eigenvalue weighted by atomic mass is 10.1. The molecule has 0 saturated heterocycles. The molecule has 0 amide bonds. The number of aryl methyl sites for hydroxylation is 2. The molecule has 1 heteroatoms. The Morgan fingerprint density at radius 1 is 1.00 bits per heavy atom. The zero-order valence-electron chi connectivity index (χ0n) is 10.3. The second kappa shape index (κ2) is 7.56. The van der Waals surface area contributed by atoms with Crippen LogP contribution in [0.4, 0.5) is 0 Å². The molecule has 0 aliphatic rings. The van der Waals surface area contributed by atoms with Crippen molar-refractivity contribution < 1.29 is 0 Å². The van der Waals surface area contributed by atoms with Crippen LogP contribution in [0.1, 0.15) is 58.1 Å². The fourth-order valence-corrected chi connectivity index (χ4v) is 2.05. The first kappa shape index (κ1) is 12.4. The van der Waals surface area contributed by atoms with Crippen LogP contribution in [0.25, 0.3) is 0 Å². The van der Waals surface area contributed by atoms with Crippen LogP contribution in [0.15, 0.2) is 18.3 Å².